The zero-order chi connectivity index (χ0) is 13.8. The van der Waals surface area contributed by atoms with E-state index < -0.39 is 0 Å². The van der Waals surface area contributed by atoms with Gasteiger partial charge in [0, 0.05) is 20.0 Å². The van der Waals surface area contributed by atoms with E-state index in [0.717, 1.165) is 36.1 Å². The molecule has 2 aromatic heterocycles. The molecule has 0 saturated carbocycles. The Labute approximate surface area is 112 Å². The molecule has 0 fully saturated rings. The second kappa shape index (κ2) is 5.86. The molecule has 19 heavy (non-hydrogen) atoms. The molecule has 0 aliphatic rings. The molecular formula is C13H21N5O. The molecule has 1 N–H and O–H groups in total. The molecule has 104 valence electrons. The number of nitrogens with zero attached hydrogens (tertiary/aromatic N) is 4. The van der Waals surface area contributed by atoms with E-state index in [1.54, 1.807) is 6.20 Å². The van der Waals surface area contributed by atoms with E-state index in [9.17, 15) is 4.79 Å². The van der Waals surface area contributed by atoms with Crippen LogP contribution in [0, 0.1) is 6.92 Å². The fourth-order valence-electron chi connectivity index (χ4n) is 2.18. The van der Waals surface area contributed by atoms with Crippen molar-refractivity contribution in [2.45, 2.75) is 39.7 Å². The van der Waals surface area contributed by atoms with Crippen molar-refractivity contribution in [3.8, 4) is 0 Å². The maximum Gasteiger partial charge on any atom is 0.221 e. The van der Waals surface area contributed by atoms with Crippen molar-refractivity contribution in [3.63, 3.8) is 0 Å². The van der Waals surface area contributed by atoms with Crippen molar-refractivity contribution in [1.82, 2.24) is 24.9 Å². The first-order valence-electron chi connectivity index (χ1n) is 6.75. The number of aromatic nitrogens is 4. The zero-order valence-corrected chi connectivity index (χ0v) is 11.8. The molecule has 2 aromatic rings. The third-order valence-electron chi connectivity index (χ3n) is 3.21. The maximum atomic E-state index is 11.7. The van der Waals surface area contributed by atoms with Crippen LogP contribution in [0.5, 0.6) is 0 Å². The molecule has 2 heterocycles. The summed E-state index contributed by atoms with van der Waals surface area (Å²) >= 11 is 0. The average Bonchev–Trinajstić information content (AvgIpc) is 2.91. The van der Waals surface area contributed by atoms with E-state index in [2.05, 4.69) is 22.4 Å². The van der Waals surface area contributed by atoms with Crippen molar-refractivity contribution in [1.29, 1.82) is 0 Å². The van der Waals surface area contributed by atoms with Crippen LogP contribution in [-0.2, 0) is 18.4 Å². The van der Waals surface area contributed by atoms with Gasteiger partial charge in [0.05, 0.1) is 18.4 Å². The van der Waals surface area contributed by atoms with Gasteiger partial charge in [-0.3, -0.25) is 14.2 Å². The largest absolute Gasteiger partial charge is 0.356 e. The van der Waals surface area contributed by atoms with Crippen LogP contribution in [0.25, 0.3) is 11.0 Å². The van der Waals surface area contributed by atoms with Gasteiger partial charge in [-0.25, -0.2) is 0 Å². The highest BCUT2D eigenvalue weighted by Crippen LogP contribution is 2.16. The predicted octanol–water partition coefficient (Wildman–Crippen LogP) is 1.38. The summed E-state index contributed by atoms with van der Waals surface area (Å²) in [7, 11) is 1.90. The normalized spacial score (nSPS) is 11.1. The summed E-state index contributed by atoms with van der Waals surface area (Å²) in [6.07, 6.45) is 4.37. The van der Waals surface area contributed by atoms with Crippen LogP contribution in [-0.4, -0.2) is 32.0 Å². The topological polar surface area (TPSA) is 64.7 Å². The lowest BCUT2D eigenvalue weighted by molar-refractivity contribution is -0.121. The number of aryl methyl sites for hydroxylation is 3. The van der Waals surface area contributed by atoms with Crippen molar-refractivity contribution in [2.75, 3.05) is 6.54 Å². The summed E-state index contributed by atoms with van der Waals surface area (Å²) in [5.74, 6) is 0.0821. The lowest BCUT2D eigenvalue weighted by Crippen LogP contribution is -2.25. The quantitative estimate of drug-likeness (QED) is 0.801. The van der Waals surface area contributed by atoms with Gasteiger partial charge in [-0.1, -0.05) is 13.3 Å². The molecule has 0 spiro atoms. The van der Waals surface area contributed by atoms with Crippen LogP contribution in [0.4, 0.5) is 0 Å². The van der Waals surface area contributed by atoms with Crippen LogP contribution in [0.1, 0.15) is 31.9 Å². The highest BCUT2D eigenvalue weighted by Gasteiger charge is 2.12. The Kier molecular flexibility index (Phi) is 4.19. The number of hydrogen-bond acceptors (Lipinski definition) is 3. The Hall–Kier alpha value is -1.85. The van der Waals surface area contributed by atoms with Gasteiger partial charge in [0.15, 0.2) is 0 Å². The highest BCUT2D eigenvalue weighted by molar-refractivity contribution is 5.78. The Morgan fingerprint density at radius 1 is 1.47 bits per heavy atom. The van der Waals surface area contributed by atoms with Crippen LogP contribution >= 0.6 is 0 Å². The highest BCUT2D eigenvalue weighted by atomic mass is 16.1. The van der Waals surface area contributed by atoms with Crippen LogP contribution in [0.3, 0.4) is 0 Å². The second-order valence-corrected chi connectivity index (χ2v) is 4.76. The number of rotatable bonds is 6. The summed E-state index contributed by atoms with van der Waals surface area (Å²) in [6.45, 7) is 5.42. The minimum absolute atomic E-state index is 0.0821. The molecule has 6 heteroatoms. The lowest BCUT2D eigenvalue weighted by Gasteiger charge is -2.05. The maximum absolute atomic E-state index is 11.7. The molecule has 2 rings (SSSR count). The van der Waals surface area contributed by atoms with E-state index in [0.29, 0.717) is 13.0 Å². The average molecular weight is 263 g/mol. The SMILES string of the molecule is CCCCNC(=O)CCn1ncc2c1c(C)nn2C. The predicted molar refractivity (Wildman–Crippen MR) is 73.8 cm³/mol. The molecule has 6 nitrogen and oxygen atoms in total. The van der Waals surface area contributed by atoms with Gasteiger partial charge in [0.25, 0.3) is 0 Å². The first kappa shape index (κ1) is 13.6. The van der Waals surface area contributed by atoms with Crippen LogP contribution in [0.15, 0.2) is 6.20 Å². The van der Waals surface area contributed by atoms with Crippen LogP contribution < -0.4 is 5.32 Å². The fourth-order valence-corrected chi connectivity index (χ4v) is 2.18. The molecule has 0 aliphatic carbocycles. The van der Waals surface area contributed by atoms with Crippen LogP contribution in [0.2, 0.25) is 0 Å². The lowest BCUT2D eigenvalue weighted by atomic mass is 10.3. The van der Waals surface area contributed by atoms with E-state index in [4.69, 9.17) is 0 Å². The van der Waals surface area contributed by atoms with Gasteiger partial charge in [-0.05, 0) is 13.3 Å². The summed E-state index contributed by atoms with van der Waals surface area (Å²) in [4.78, 5) is 11.7. The number of nitrogens with one attached hydrogen (secondary N) is 1. The third kappa shape index (κ3) is 2.94. The summed E-state index contributed by atoms with van der Waals surface area (Å²) < 4.78 is 3.67. The number of fused-ring (bicyclic) bond motifs is 1. The summed E-state index contributed by atoms with van der Waals surface area (Å²) in [5.41, 5.74) is 2.97. The molecule has 0 unspecified atom stereocenters. The molecular weight excluding hydrogens is 242 g/mol. The van der Waals surface area contributed by atoms with Gasteiger partial charge >= 0.3 is 0 Å². The smallest absolute Gasteiger partial charge is 0.221 e. The summed E-state index contributed by atoms with van der Waals surface area (Å²) in [6, 6.07) is 0. The third-order valence-corrected chi connectivity index (χ3v) is 3.21. The first-order chi connectivity index (χ1) is 9.13. The number of carbonyl (C=O) groups is 1. The minimum atomic E-state index is 0.0821. The van der Waals surface area contributed by atoms with Crippen molar-refractivity contribution in [2.24, 2.45) is 7.05 Å². The van der Waals surface area contributed by atoms with Gasteiger partial charge < -0.3 is 5.32 Å². The molecule has 0 saturated heterocycles. The van der Waals surface area contributed by atoms with E-state index in [-0.39, 0.29) is 5.91 Å². The summed E-state index contributed by atoms with van der Waals surface area (Å²) in [5, 5.41) is 11.6. The molecule has 0 bridgehead atoms. The number of unbranched alkanes of at least 4 members (excludes halogenated alkanes) is 1. The van der Waals surface area contributed by atoms with Gasteiger partial charge in [-0.15, -0.1) is 0 Å². The van der Waals surface area contributed by atoms with Crippen molar-refractivity contribution in [3.05, 3.63) is 11.9 Å². The Bertz CT molecular complexity index is 569. The zero-order valence-electron chi connectivity index (χ0n) is 11.8. The van der Waals surface area contributed by atoms with E-state index >= 15 is 0 Å². The minimum Gasteiger partial charge on any atom is -0.356 e. The first-order valence-corrected chi connectivity index (χ1v) is 6.75. The number of hydrogen-bond donors (Lipinski definition) is 1. The molecule has 0 atom stereocenters. The number of carbonyl (C=O) groups excluding carboxylic acids is 1. The molecule has 0 aliphatic heterocycles. The molecule has 0 aromatic carbocycles. The van der Waals surface area contributed by atoms with Gasteiger partial charge in [0.2, 0.25) is 5.91 Å². The monoisotopic (exact) mass is 263 g/mol. The standard InChI is InChI=1S/C13H21N5O/c1-4-5-7-14-12(19)6-8-18-13-10(2)16-17(3)11(13)9-15-18/h9H,4-8H2,1-3H3,(H,14,19). The van der Waals surface area contributed by atoms with E-state index in [1.807, 2.05) is 23.3 Å². The van der Waals surface area contributed by atoms with E-state index in [1.165, 1.54) is 0 Å². The second-order valence-electron chi connectivity index (χ2n) is 4.76. The van der Waals surface area contributed by atoms with Gasteiger partial charge in [-0.2, -0.15) is 10.2 Å². The Balaban J connectivity index is 1.96. The number of amides is 1. The molecule has 1 amide bonds. The fraction of sp³-hybridized carbons (Fsp3) is 0.615. The van der Waals surface area contributed by atoms with Crippen molar-refractivity contribution < 1.29 is 4.79 Å². The van der Waals surface area contributed by atoms with Crippen molar-refractivity contribution >= 4 is 16.9 Å². The Morgan fingerprint density at radius 2 is 2.26 bits per heavy atom. The van der Waals surface area contributed by atoms with Gasteiger partial charge in [0.1, 0.15) is 11.0 Å². The Morgan fingerprint density at radius 3 is 3.00 bits per heavy atom. The molecule has 0 radical (unpaired) electrons.